The van der Waals surface area contributed by atoms with Crippen LogP contribution in [0.4, 0.5) is 0 Å². The zero-order chi connectivity index (χ0) is 20.1. The minimum Gasteiger partial charge on any atom is -0.480 e. The van der Waals surface area contributed by atoms with Crippen LogP contribution >= 0.6 is 0 Å². The van der Waals surface area contributed by atoms with Crippen LogP contribution in [0.5, 0.6) is 0 Å². The largest absolute Gasteiger partial charge is 0.480 e. The van der Waals surface area contributed by atoms with Crippen molar-refractivity contribution in [1.82, 2.24) is 20.0 Å². The first kappa shape index (κ1) is 20.4. The number of imidazole rings is 1. The van der Waals surface area contributed by atoms with Gasteiger partial charge in [-0.1, -0.05) is 6.07 Å². The summed E-state index contributed by atoms with van der Waals surface area (Å²) in [5.41, 5.74) is 2.73. The number of aliphatic hydroxyl groups is 1. The topological polar surface area (TPSA) is 133 Å². The van der Waals surface area contributed by atoms with E-state index in [1.165, 1.54) is 6.92 Å². The van der Waals surface area contributed by atoms with Crippen LogP contribution in [-0.4, -0.2) is 56.1 Å². The number of amides is 2. The standard InChI is InChI=1S/C18H24N4O5/c1-10-6-5-9-22-15(11(2)20-16(10)22)17(25)19-8-4-7-13(24)21-14(12(3)23)18(26)27/h5-6,9,12,14,23H,4,7-8H2,1-3H3,(H,19,25)(H,21,24)(H,26,27). The van der Waals surface area contributed by atoms with Crippen LogP contribution in [0.25, 0.3) is 5.65 Å². The lowest BCUT2D eigenvalue weighted by Crippen LogP contribution is -2.47. The van der Waals surface area contributed by atoms with Crippen molar-refractivity contribution in [2.45, 2.75) is 45.8 Å². The van der Waals surface area contributed by atoms with Crippen LogP contribution in [0.1, 0.15) is 41.5 Å². The fraction of sp³-hybridized carbons (Fsp3) is 0.444. The molecule has 0 spiro atoms. The molecule has 0 bridgehead atoms. The molecule has 2 aromatic rings. The molecule has 0 aromatic carbocycles. The minimum atomic E-state index is -1.35. The maximum atomic E-state index is 12.5. The molecule has 0 aliphatic rings. The number of carboxylic acids is 1. The molecule has 2 amide bonds. The Balaban J connectivity index is 1.88. The minimum absolute atomic E-state index is 0.0298. The van der Waals surface area contributed by atoms with Crippen molar-refractivity contribution in [3.8, 4) is 0 Å². The summed E-state index contributed by atoms with van der Waals surface area (Å²) in [6, 6.07) is 2.40. The third-order valence-electron chi connectivity index (χ3n) is 4.17. The van der Waals surface area contributed by atoms with E-state index < -0.39 is 24.0 Å². The van der Waals surface area contributed by atoms with Crippen LogP contribution < -0.4 is 10.6 Å². The van der Waals surface area contributed by atoms with Gasteiger partial charge in [-0.15, -0.1) is 0 Å². The summed E-state index contributed by atoms with van der Waals surface area (Å²) >= 11 is 0. The van der Waals surface area contributed by atoms with Gasteiger partial charge < -0.3 is 20.8 Å². The van der Waals surface area contributed by atoms with Crippen molar-refractivity contribution < 1.29 is 24.6 Å². The van der Waals surface area contributed by atoms with Crippen LogP contribution in [0.3, 0.4) is 0 Å². The molecule has 146 valence electrons. The first-order valence-electron chi connectivity index (χ1n) is 8.65. The van der Waals surface area contributed by atoms with Gasteiger partial charge in [0.1, 0.15) is 11.3 Å². The van der Waals surface area contributed by atoms with Gasteiger partial charge in [-0.05, 0) is 38.8 Å². The van der Waals surface area contributed by atoms with E-state index in [0.717, 1.165) is 11.2 Å². The number of hydrogen-bond donors (Lipinski definition) is 4. The average molecular weight is 376 g/mol. The van der Waals surface area contributed by atoms with Crippen LogP contribution in [0.2, 0.25) is 0 Å². The van der Waals surface area contributed by atoms with E-state index in [1.807, 2.05) is 19.1 Å². The van der Waals surface area contributed by atoms with Gasteiger partial charge in [0.15, 0.2) is 6.04 Å². The maximum Gasteiger partial charge on any atom is 0.328 e. The fourth-order valence-electron chi connectivity index (χ4n) is 2.76. The number of fused-ring (bicyclic) bond motifs is 1. The molecule has 0 aliphatic carbocycles. The van der Waals surface area contributed by atoms with E-state index in [2.05, 4.69) is 15.6 Å². The molecule has 0 saturated carbocycles. The van der Waals surface area contributed by atoms with Crippen molar-refractivity contribution in [2.75, 3.05) is 6.54 Å². The molecular weight excluding hydrogens is 352 g/mol. The summed E-state index contributed by atoms with van der Waals surface area (Å²) in [7, 11) is 0. The Kier molecular flexibility index (Phi) is 6.51. The Labute approximate surface area is 156 Å². The summed E-state index contributed by atoms with van der Waals surface area (Å²) in [4.78, 5) is 39.6. The van der Waals surface area contributed by atoms with Gasteiger partial charge in [-0.25, -0.2) is 9.78 Å². The van der Waals surface area contributed by atoms with Gasteiger partial charge in [0.2, 0.25) is 5.91 Å². The van der Waals surface area contributed by atoms with Gasteiger partial charge in [-0.3, -0.25) is 14.0 Å². The fourth-order valence-corrected chi connectivity index (χ4v) is 2.76. The number of aliphatic carboxylic acids is 1. The molecule has 0 saturated heterocycles. The smallest absolute Gasteiger partial charge is 0.328 e. The number of aryl methyl sites for hydroxylation is 2. The Morgan fingerprint density at radius 1 is 1.30 bits per heavy atom. The number of carbonyl (C=O) groups is 3. The highest BCUT2D eigenvalue weighted by atomic mass is 16.4. The van der Waals surface area contributed by atoms with Crippen LogP contribution in [0, 0.1) is 13.8 Å². The molecule has 27 heavy (non-hydrogen) atoms. The SMILES string of the molecule is Cc1nc2c(C)cccn2c1C(=O)NCCCC(=O)NC(C(=O)O)C(C)O. The number of nitrogens with zero attached hydrogens (tertiary/aromatic N) is 2. The van der Waals surface area contributed by atoms with Crippen molar-refractivity contribution in [3.63, 3.8) is 0 Å². The monoisotopic (exact) mass is 376 g/mol. The zero-order valence-corrected chi connectivity index (χ0v) is 15.5. The maximum absolute atomic E-state index is 12.5. The molecule has 0 aliphatic heterocycles. The predicted molar refractivity (Wildman–Crippen MR) is 97.5 cm³/mol. The summed E-state index contributed by atoms with van der Waals surface area (Å²) in [6.07, 6.45) is 0.931. The first-order chi connectivity index (χ1) is 12.7. The van der Waals surface area contributed by atoms with Gasteiger partial charge >= 0.3 is 5.97 Å². The molecule has 2 unspecified atom stereocenters. The number of nitrogens with one attached hydrogen (secondary N) is 2. The molecule has 2 heterocycles. The molecular formula is C18H24N4O5. The third-order valence-corrected chi connectivity index (χ3v) is 4.17. The molecule has 2 atom stereocenters. The molecule has 9 nitrogen and oxygen atoms in total. The van der Waals surface area contributed by atoms with Crippen LogP contribution in [-0.2, 0) is 9.59 Å². The van der Waals surface area contributed by atoms with E-state index in [1.54, 1.807) is 17.5 Å². The third kappa shape index (κ3) is 4.82. The van der Waals surface area contributed by atoms with E-state index in [-0.39, 0.29) is 18.9 Å². The second-order valence-electron chi connectivity index (χ2n) is 6.41. The highest BCUT2D eigenvalue weighted by Gasteiger charge is 2.24. The van der Waals surface area contributed by atoms with E-state index >= 15 is 0 Å². The predicted octanol–water partition coefficient (Wildman–Crippen LogP) is 0.411. The van der Waals surface area contributed by atoms with Crippen molar-refractivity contribution >= 4 is 23.4 Å². The Morgan fingerprint density at radius 3 is 2.63 bits per heavy atom. The van der Waals surface area contributed by atoms with Crippen LogP contribution in [0.15, 0.2) is 18.3 Å². The van der Waals surface area contributed by atoms with E-state index in [9.17, 15) is 19.5 Å². The highest BCUT2D eigenvalue weighted by Crippen LogP contribution is 2.15. The average Bonchev–Trinajstić information content (AvgIpc) is 2.93. The lowest BCUT2D eigenvalue weighted by Gasteiger charge is -2.16. The van der Waals surface area contributed by atoms with Crippen molar-refractivity contribution in [2.24, 2.45) is 0 Å². The molecule has 9 heteroatoms. The van der Waals surface area contributed by atoms with Gasteiger partial charge in [0.05, 0.1) is 11.8 Å². The Morgan fingerprint density at radius 2 is 2.00 bits per heavy atom. The molecule has 0 fully saturated rings. The quantitative estimate of drug-likeness (QED) is 0.493. The molecule has 4 N–H and O–H groups in total. The zero-order valence-electron chi connectivity index (χ0n) is 15.5. The molecule has 2 rings (SSSR count). The van der Waals surface area contributed by atoms with Gasteiger partial charge in [0, 0.05) is 19.2 Å². The summed E-state index contributed by atoms with van der Waals surface area (Å²) in [5.74, 6) is -2.09. The second kappa shape index (κ2) is 8.63. The second-order valence-corrected chi connectivity index (χ2v) is 6.41. The summed E-state index contributed by atoms with van der Waals surface area (Å²) < 4.78 is 1.73. The van der Waals surface area contributed by atoms with Gasteiger partial charge in [0.25, 0.3) is 5.91 Å². The summed E-state index contributed by atoms with van der Waals surface area (Å²) in [5, 5.41) is 23.3. The lowest BCUT2D eigenvalue weighted by atomic mass is 10.1. The lowest BCUT2D eigenvalue weighted by molar-refractivity contribution is -0.144. The number of aliphatic hydroxyl groups excluding tert-OH is 1. The normalized spacial score (nSPS) is 13.2. The van der Waals surface area contributed by atoms with E-state index in [4.69, 9.17) is 5.11 Å². The van der Waals surface area contributed by atoms with E-state index in [0.29, 0.717) is 17.8 Å². The van der Waals surface area contributed by atoms with Gasteiger partial charge in [-0.2, -0.15) is 0 Å². The number of aromatic nitrogens is 2. The Hall–Kier alpha value is -2.94. The highest BCUT2D eigenvalue weighted by molar-refractivity contribution is 5.94. The molecule has 2 aromatic heterocycles. The van der Waals surface area contributed by atoms with Crippen molar-refractivity contribution in [1.29, 1.82) is 0 Å². The number of pyridine rings is 1. The first-order valence-corrected chi connectivity index (χ1v) is 8.65. The molecule has 0 radical (unpaired) electrons. The summed E-state index contributed by atoms with van der Waals surface area (Å²) in [6.45, 7) is 5.22. The number of hydrogen-bond acceptors (Lipinski definition) is 5. The Bertz CT molecular complexity index is 859. The number of carboxylic acid groups (broad SMARTS) is 1. The number of rotatable bonds is 8. The number of carbonyl (C=O) groups excluding carboxylic acids is 2. The van der Waals surface area contributed by atoms with Crippen molar-refractivity contribution in [3.05, 3.63) is 35.3 Å².